The van der Waals surface area contributed by atoms with Gasteiger partial charge < -0.3 is 4.90 Å². The average Bonchev–Trinajstić information content (AvgIpc) is 3.11. The van der Waals surface area contributed by atoms with Gasteiger partial charge in [0, 0.05) is 60.8 Å². The van der Waals surface area contributed by atoms with Crippen molar-refractivity contribution in [3.05, 3.63) is 69.5 Å². The maximum absolute atomic E-state index is 12.6. The summed E-state index contributed by atoms with van der Waals surface area (Å²) < 4.78 is 0.826. The third-order valence-electron chi connectivity index (χ3n) is 4.76. The molecule has 0 saturated carbocycles. The number of fused-ring (bicyclic) bond motifs is 1. The van der Waals surface area contributed by atoms with Crippen LogP contribution in [0, 0.1) is 0 Å². The predicted molar refractivity (Wildman–Crippen MR) is 112 cm³/mol. The molecule has 0 spiro atoms. The maximum atomic E-state index is 12.6. The van der Waals surface area contributed by atoms with Crippen LogP contribution >= 0.6 is 22.9 Å². The van der Waals surface area contributed by atoms with Gasteiger partial charge in [-0.25, -0.2) is 0 Å². The normalized spacial score (nSPS) is 15.7. The van der Waals surface area contributed by atoms with Gasteiger partial charge in [0.05, 0.1) is 9.85 Å². The third-order valence-corrected chi connectivity index (χ3v) is 5.98. The minimum atomic E-state index is 0.0572. The highest BCUT2D eigenvalue weighted by atomic mass is 35.5. The molecule has 4 rings (SSSR count). The van der Waals surface area contributed by atoms with Gasteiger partial charge in [0.15, 0.2) is 0 Å². The monoisotopic (exact) mass is 397 g/mol. The molecule has 3 heterocycles. The fourth-order valence-corrected chi connectivity index (χ4v) is 4.44. The fourth-order valence-electron chi connectivity index (χ4n) is 3.31. The molecule has 0 unspecified atom stereocenters. The quantitative estimate of drug-likeness (QED) is 0.615. The molecule has 27 heavy (non-hydrogen) atoms. The van der Waals surface area contributed by atoms with Crippen molar-refractivity contribution in [3.8, 4) is 0 Å². The Morgan fingerprint density at radius 1 is 1.11 bits per heavy atom. The third kappa shape index (κ3) is 4.38. The molecule has 1 aliphatic rings. The van der Waals surface area contributed by atoms with E-state index in [9.17, 15) is 4.79 Å². The summed E-state index contributed by atoms with van der Waals surface area (Å²) in [5, 5.41) is 1.08. The van der Waals surface area contributed by atoms with Crippen molar-refractivity contribution >= 4 is 45.8 Å². The lowest BCUT2D eigenvalue weighted by Gasteiger charge is -2.33. The van der Waals surface area contributed by atoms with Crippen molar-refractivity contribution in [1.29, 1.82) is 0 Å². The highest BCUT2D eigenvalue weighted by Gasteiger charge is 2.20. The zero-order valence-corrected chi connectivity index (χ0v) is 16.4. The lowest BCUT2D eigenvalue weighted by atomic mass is 10.1. The number of piperazine rings is 1. The lowest BCUT2D eigenvalue weighted by Crippen LogP contribution is -2.47. The first kappa shape index (κ1) is 18.2. The Morgan fingerprint density at radius 3 is 2.70 bits per heavy atom. The Labute approximate surface area is 167 Å². The molecular weight excluding hydrogens is 378 g/mol. The molecule has 1 saturated heterocycles. The number of benzene rings is 1. The van der Waals surface area contributed by atoms with Crippen LogP contribution in [-0.2, 0) is 11.3 Å². The van der Waals surface area contributed by atoms with Crippen LogP contribution in [0.3, 0.4) is 0 Å². The molecule has 3 aromatic rings. The number of thiophene rings is 1. The number of pyridine rings is 1. The van der Waals surface area contributed by atoms with E-state index in [-0.39, 0.29) is 5.91 Å². The van der Waals surface area contributed by atoms with Crippen LogP contribution in [0.1, 0.15) is 10.4 Å². The molecular formula is C21H20ClN3OS. The molecule has 1 amide bonds. The molecule has 0 aliphatic carbocycles. The molecule has 0 atom stereocenters. The van der Waals surface area contributed by atoms with Crippen LogP contribution in [0.4, 0.5) is 0 Å². The number of hydrogen-bond donors (Lipinski definition) is 0. The minimum Gasteiger partial charge on any atom is -0.337 e. The van der Waals surface area contributed by atoms with E-state index >= 15 is 0 Å². The van der Waals surface area contributed by atoms with E-state index < -0.39 is 0 Å². The Bertz CT molecular complexity index is 971. The van der Waals surface area contributed by atoms with E-state index in [1.165, 1.54) is 4.88 Å². The van der Waals surface area contributed by atoms with Gasteiger partial charge >= 0.3 is 0 Å². The molecule has 0 radical (unpaired) electrons. The van der Waals surface area contributed by atoms with Crippen molar-refractivity contribution in [3.63, 3.8) is 0 Å². The van der Waals surface area contributed by atoms with Crippen LogP contribution in [0.5, 0.6) is 0 Å². The van der Waals surface area contributed by atoms with E-state index in [2.05, 4.69) is 16.0 Å². The summed E-state index contributed by atoms with van der Waals surface area (Å²) >= 11 is 7.62. The van der Waals surface area contributed by atoms with Crippen molar-refractivity contribution in [2.75, 3.05) is 26.2 Å². The van der Waals surface area contributed by atoms with Crippen LogP contribution < -0.4 is 0 Å². The van der Waals surface area contributed by atoms with Gasteiger partial charge in [0.2, 0.25) is 5.91 Å². The van der Waals surface area contributed by atoms with Crippen LogP contribution in [0.2, 0.25) is 4.34 Å². The van der Waals surface area contributed by atoms with E-state index in [4.69, 9.17) is 11.6 Å². The number of para-hydroxylation sites is 1. The largest absolute Gasteiger partial charge is 0.337 e. The number of carbonyl (C=O) groups is 1. The Kier molecular flexibility index (Phi) is 5.53. The van der Waals surface area contributed by atoms with Gasteiger partial charge in [0.1, 0.15) is 0 Å². The van der Waals surface area contributed by atoms with Crippen molar-refractivity contribution in [1.82, 2.24) is 14.8 Å². The number of hydrogen-bond acceptors (Lipinski definition) is 4. The van der Waals surface area contributed by atoms with Crippen molar-refractivity contribution < 1.29 is 4.79 Å². The first-order chi connectivity index (χ1) is 13.2. The summed E-state index contributed by atoms with van der Waals surface area (Å²) in [5.41, 5.74) is 1.89. The summed E-state index contributed by atoms with van der Waals surface area (Å²) in [6.45, 7) is 4.15. The van der Waals surface area contributed by atoms with Gasteiger partial charge in [-0.3, -0.25) is 14.7 Å². The first-order valence-corrected chi connectivity index (χ1v) is 10.2. The summed E-state index contributed by atoms with van der Waals surface area (Å²) in [6, 6.07) is 14.0. The molecule has 138 valence electrons. The number of rotatable bonds is 4. The second-order valence-electron chi connectivity index (χ2n) is 6.56. The first-order valence-electron chi connectivity index (χ1n) is 8.96. The van der Waals surface area contributed by atoms with E-state index in [0.29, 0.717) is 0 Å². The minimum absolute atomic E-state index is 0.0572. The molecule has 2 aromatic heterocycles. The molecule has 4 nitrogen and oxygen atoms in total. The highest BCUT2D eigenvalue weighted by Crippen LogP contribution is 2.23. The van der Waals surface area contributed by atoms with E-state index in [0.717, 1.165) is 53.5 Å². The van der Waals surface area contributed by atoms with Crippen molar-refractivity contribution in [2.45, 2.75) is 6.54 Å². The number of halogens is 1. The van der Waals surface area contributed by atoms with Gasteiger partial charge in [-0.05, 0) is 24.3 Å². The topological polar surface area (TPSA) is 36.4 Å². The summed E-state index contributed by atoms with van der Waals surface area (Å²) in [4.78, 5) is 22.5. The average molecular weight is 398 g/mol. The number of carbonyl (C=O) groups excluding carboxylic acids is 1. The molecule has 0 N–H and O–H groups in total. The Morgan fingerprint density at radius 2 is 1.93 bits per heavy atom. The van der Waals surface area contributed by atoms with Gasteiger partial charge in [-0.15, -0.1) is 11.3 Å². The van der Waals surface area contributed by atoms with Crippen LogP contribution in [-0.4, -0.2) is 46.9 Å². The number of aromatic nitrogens is 1. The SMILES string of the molecule is O=C(/C=C/c1cccc2cccnc12)N1CCN(Cc2ccc(Cl)s2)CC1. The van der Waals surface area contributed by atoms with E-state index in [1.807, 2.05) is 47.4 Å². The molecule has 1 fully saturated rings. The maximum Gasteiger partial charge on any atom is 0.246 e. The standard InChI is InChI=1S/C21H20ClN3OS/c22-19-8-7-18(27-19)15-24-11-13-25(14-12-24)20(26)9-6-17-4-1-3-16-5-2-10-23-21(16)17/h1-10H,11-15H2/b9-6+. The second-order valence-corrected chi connectivity index (χ2v) is 8.36. The number of nitrogens with zero attached hydrogens (tertiary/aromatic N) is 3. The summed E-state index contributed by atoms with van der Waals surface area (Å²) in [7, 11) is 0. The highest BCUT2D eigenvalue weighted by molar-refractivity contribution is 7.16. The van der Waals surface area contributed by atoms with Gasteiger partial charge in [-0.2, -0.15) is 0 Å². The Balaban J connectivity index is 1.36. The second kappa shape index (κ2) is 8.21. The predicted octanol–water partition coefficient (Wildman–Crippen LogP) is 4.31. The number of amides is 1. The molecule has 6 heteroatoms. The lowest BCUT2D eigenvalue weighted by molar-refractivity contribution is -0.127. The molecule has 1 aromatic carbocycles. The molecule has 1 aliphatic heterocycles. The summed E-state index contributed by atoms with van der Waals surface area (Å²) in [5.74, 6) is 0.0572. The van der Waals surface area contributed by atoms with Gasteiger partial charge in [0.25, 0.3) is 0 Å². The Hall–Kier alpha value is -2.21. The molecule has 0 bridgehead atoms. The smallest absolute Gasteiger partial charge is 0.246 e. The van der Waals surface area contributed by atoms with Crippen molar-refractivity contribution in [2.24, 2.45) is 0 Å². The zero-order chi connectivity index (χ0) is 18.6. The van der Waals surface area contributed by atoms with Crippen LogP contribution in [0.15, 0.2) is 54.7 Å². The zero-order valence-electron chi connectivity index (χ0n) is 14.8. The van der Waals surface area contributed by atoms with E-state index in [1.54, 1.807) is 23.6 Å². The van der Waals surface area contributed by atoms with Crippen LogP contribution in [0.25, 0.3) is 17.0 Å². The fraction of sp³-hybridized carbons (Fsp3) is 0.238. The van der Waals surface area contributed by atoms with Gasteiger partial charge in [-0.1, -0.05) is 35.9 Å². The summed E-state index contributed by atoms with van der Waals surface area (Å²) in [6.07, 6.45) is 5.32.